The summed E-state index contributed by atoms with van der Waals surface area (Å²) in [5, 5.41) is 12.1. The summed E-state index contributed by atoms with van der Waals surface area (Å²) in [4.78, 5) is 0. The Morgan fingerprint density at radius 2 is 1.95 bits per heavy atom. The molecule has 1 N–H and O–H groups in total. The van der Waals surface area contributed by atoms with Crippen LogP contribution in [0.4, 0.5) is 0 Å². The molecule has 0 radical (unpaired) electrons. The van der Waals surface area contributed by atoms with Crippen LogP contribution in [0.1, 0.15) is 36.4 Å². The molecule has 108 valence electrons. The lowest BCUT2D eigenvalue weighted by atomic mass is 10.1. The Balaban J connectivity index is 2.01. The van der Waals surface area contributed by atoms with E-state index >= 15 is 0 Å². The van der Waals surface area contributed by atoms with E-state index in [9.17, 15) is 0 Å². The maximum Gasteiger partial charge on any atom is 0.276 e. The van der Waals surface area contributed by atoms with Gasteiger partial charge in [0.2, 0.25) is 5.89 Å². The van der Waals surface area contributed by atoms with Gasteiger partial charge in [-0.05, 0) is 25.5 Å². The van der Waals surface area contributed by atoms with Crippen molar-refractivity contribution in [1.29, 1.82) is 0 Å². The van der Waals surface area contributed by atoms with Crippen LogP contribution < -0.4 is 5.32 Å². The van der Waals surface area contributed by atoms with Gasteiger partial charge in [0.25, 0.3) is 5.22 Å². The van der Waals surface area contributed by atoms with Crippen LogP contribution in [0.3, 0.4) is 0 Å². The molecular weight excluding hydrogens is 270 g/mol. The second kappa shape index (κ2) is 7.45. The zero-order valence-corrected chi connectivity index (χ0v) is 13.0. The monoisotopic (exact) mass is 291 g/mol. The van der Waals surface area contributed by atoms with Crippen LogP contribution in [0, 0.1) is 13.8 Å². The molecule has 0 spiro atoms. The molecule has 1 atom stereocenters. The molecular formula is C15H21N3OS. The van der Waals surface area contributed by atoms with E-state index in [0.717, 1.165) is 18.7 Å². The number of nitrogens with one attached hydrogen (secondary N) is 1. The van der Waals surface area contributed by atoms with Crippen LogP contribution in [0.2, 0.25) is 0 Å². The van der Waals surface area contributed by atoms with Gasteiger partial charge >= 0.3 is 0 Å². The molecule has 1 unspecified atom stereocenters. The van der Waals surface area contributed by atoms with Gasteiger partial charge in [-0.2, -0.15) is 0 Å². The predicted molar refractivity (Wildman–Crippen MR) is 82.0 cm³/mol. The van der Waals surface area contributed by atoms with Crippen LogP contribution in [0.5, 0.6) is 0 Å². The Morgan fingerprint density at radius 3 is 2.55 bits per heavy atom. The van der Waals surface area contributed by atoms with Crippen molar-refractivity contribution in [2.75, 3.05) is 12.3 Å². The van der Waals surface area contributed by atoms with Crippen LogP contribution in [0.25, 0.3) is 0 Å². The van der Waals surface area contributed by atoms with E-state index < -0.39 is 0 Å². The molecule has 1 aromatic carbocycles. The number of hydrogen-bond donors (Lipinski definition) is 1. The van der Waals surface area contributed by atoms with E-state index in [2.05, 4.69) is 53.6 Å². The Bertz CT molecular complexity index is 524. The first-order valence-electron chi connectivity index (χ1n) is 6.92. The van der Waals surface area contributed by atoms with Crippen LogP contribution in [-0.2, 0) is 0 Å². The van der Waals surface area contributed by atoms with Gasteiger partial charge in [0.1, 0.15) is 0 Å². The molecule has 4 nitrogen and oxygen atoms in total. The van der Waals surface area contributed by atoms with Crippen molar-refractivity contribution in [2.45, 2.75) is 38.5 Å². The minimum Gasteiger partial charge on any atom is -0.416 e. The predicted octanol–water partition coefficient (Wildman–Crippen LogP) is 3.52. The average molecular weight is 291 g/mol. The van der Waals surface area contributed by atoms with E-state index in [0.29, 0.717) is 17.2 Å². The first kappa shape index (κ1) is 15.1. The number of benzene rings is 1. The first-order valence-corrected chi connectivity index (χ1v) is 7.90. The molecule has 0 aliphatic carbocycles. The number of hydrogen-bond acceptors (Lipinski definition) is 5. The molecule has 0 aliphatic heterocycles. The summed E-state index contributed by atoms with van der Waals surface area (Å²) in [6.07, 6.45) is 1.12. The van der Waals surface area contributed by atoms with Gasteiger partial charge in [0.15, 0.2) is 0 Å². The highest BCUT2D eigenvalue weighted by Gasteiger charge is 2.13. The summed E-state index contributed by atoms with van der Waals surface area (Å²) >= 11 is 1.60. The number of aryl methyl sites for hydroxylation is 2. The maximum absolute atomic E-state index is 5.41. The summed E-state index contributed by atoms with van der Waals surface area (Å²) in [6, 6.07) is 8.97. The van der Waals surface area contributed by atoms with Gasteiger partial charge in [-0.3, -0.25) is 0 Å². The van der Waals surface area contributed by atoms with E-state index in [1.54, 1.807) is 11.8 Å². The first-order chi connectivity index (χ1) is 9.69. The second-order valence-corrected chi connectivity index (χ2v) is 5.79. The molecule has 5 heteroatoms. The molecule has 0 aliphatic rings. The third kappa shape index (κ3) is 4.35. The van der Waals surface area contributed by atoms with Crippen molar-refractivity contribution in [2.24, 2.45) is 0 Å². The topological polar surface area (TPSA) is 51.0 Å². The lowest BCUT2D eigenvalue weighted by Gasteiger charge is -2.18. The van der Waals surface area contributed by atoms with Gasteiger partial charge in [0.05, 0.1) is 0 Å². The molecule has 0 saturated carbocycles. The number of aromatic nitrogens is 2. The lowest BCUT2D eigenvalue weighted by molar-refractivity contribution is 0.428. The molecule has 2 rings (SSSR count). The molecule has 0 amide bonds. The standard InChI is InChI=1S/C15H21N3OS/c1-4-9-16-14(13-7-5-11(2)6-8-13)10-20-15-18-17-12(3)19-15/h5-8,14,16H,4,9-10H2,1-3H3. The van der Waals surface area contributed by atoms with Gasteiger partial charge < -0.3 is 9.73 Å². The van der Waals surface area contributed by atoms with E-state index in [1.165, 1.54) is 11.1 Å². The van der Waals surface area contributed by atoms with Crippen molar-refractivity contribution in [3.8, 4) is 0 Å². The second-order valence-electron chi connectivity index (χ2n) is 4.82. The Hall–Kier alpha value is -1.33. The number of thioether (sulfide) groups is 1. The summed E-state index contributed by atoms with van der Waals surface area (Å²) in [7, 11) is 0. The van der Waals surface area contributed by atoms with Crippen molar-refractivity contribution in [3.63, 3.8) is 0 Å². The van der Waals surface area contributed by atoms with Crippen LogP contribution >= 0.6 is 11.8 Å². The normalized spacial score (nSPS) is 12.6. The van der Waals surface area contributed by atoms with Crippen molar-refractivity contribution < 1.29 is 4.42 Å². The molecule has 1 aromatic heterocycles. The van der Waals surface area contributed by atoms with Crippen molar-refractivity contribution in [3.05, 3.63) is 41.3 Å². The molecule has 0 saturated heterocycles. The fourth-order valence-corrected chi connectivity index (χ4v) is 2.78. The van der Waals surface area contributed by atoms with Crippen molar-refractivity contribution >= 4 is 11.8 Å². The van der Waals surface area contributed by atoms with E-state index in [4.69, 9.17) is 4.42 Å². The van der Waals surface area contributed by atoms with Gasteiger partial charge in [-0.15, -0.1) is 10.2 Å². The van der Waals surface area contributed by atoms with Gasteiger partial charge in [0, 0.05) is 18.7 Å². The number of nitrogens with zero attached hydrogens (tertiary/aromatic N) is 2. The molecule has 20 heavy (non-hydrogen) atoms. The highest BCUT2D eigenvalue weighted by molar-refractivity contribution is 7.99. The third-order valence-electron chi connectivity index (χ3n) is 3.00. The van der Waals surface area contributed by atoms with E-state index in [-0.39, 0.29) is 0 Å². The highest BCUT2D eigenvalue weighted by Crippen LogP contribution is 2.24. The largest absolute Gasteiger partial charge is 0.416 e. The Morgan fingerprint density at radius 1 is 1.20 bits per heavy atom. The minimum atomic E-state index is 0.299. The van der Waals surface area contributed by atoms with Crippen LogP contribution in [-0.4, -0.2) is 22.5 Å². The summed E-state index contributed by atoms with van der Waals surface area (Å²) in [6.45, 7) is 7.09. The molecule has 0 bridgehead atoms. The summed E-state index contributed by atoms with van der Waals surface area (Å²) in [5.74, 6) is 1.49. The smallest absolute Gasteiger partial charge is 0.276 e. The van der Waals surface area contributed by atoms with Crippen LogP contribution in [0.15, 0.2) is 33.9 Å². The van der Waals surface area contributed by atoms with E-state index in [1.807, 2.05) is 6.92 Å². The Kier molecular flexibility index (Phi) is 5.61. The van der Waals surface area contributed by atoms with Gasteiger partial charge in [-0.1, -0.05) is 48.5 Å². The number of rotatable bonds is 7. The van der Waals surface area contributed by atoms with Gasteiger partial charge in [-0.25, -0.2) is 0 Å². The molecule has 0 fully saturated rings. The molecule has 2 aromatic rings. The summed E-state index contributed by atoms with van der Waals surface area (Å²) < 4.78 is 5.41. The zero-order valence-electron chi connectivity index (χ0n) is 12.2. The highest BCUT2D eigenvalue weighted by atomic mass is 32.2. The SMILES string of the molecule is CCCNC(CSc1nnc(C)o1)c1ccc(C)cc1. The fourth-order valence-electron chi connectivity index (χ4n) is 1.88. The van der Waals surface area contributed by atoms with Crippen molar-refractivity contribution in [1.82, 2.24) is 15.5 Å². The quantitative estimate of drug-likeness (QED) is 0.791. The zero-order chi connectivity index (χ0) is 14.4. The molecule has 1 heterocycles. The summed E-state index contributed by atoms with van der Waals surface area (Å²) in [5.41, 5.74) is 2.58. The fraction of sp³-hybridized carbons (Fsp3) is 0.467. The maximum atomic E-state index is 5.41. The Labute approximate surface area is 124 Å². The minimum absolute atomic E-state index is 0.299. The lowest BCUT2D eigenvalue weighted by Crippen LogP contribution is -2.24. The third-order valence-corrected chi connectivity index (χ3v) is 3.91. The average Bonchev–Trinajstić information content (AvgIpc) is 2.86.